The summed E-state index contributed by atoms with van der Waals surface area (Å²) in [7, 11) is 0. The van der Waals surface area contributed by atoms with Gasteiger partial charge in [-0.15, -0.1) is 0 Å². The molecule has 3 aromatic carbocycles. The van der Waals surface area contributed by atoms with Gasteiger partial charge in [0, 0.05) is 0 Å². The van der Waals surface area contributed by atoms with Gasteiger partial charge < -0.3 is 5.32 Å². The zero-order valence-electron chi connectivity index (χ0n) is 17.7. The second-order valence-corrected chi connectivity index (χ2v) is 8.76. The highest BCUT2D eigenvalue weighted by Crippen LogP contribution is 2.52. The lowest BCUT2D eigenvalue weighted by molar-refractivity contribution is 0.00991. The molecule has 2 heterocycles. The number of nitrogens with zero attached hydrogens (tertiary/aromatic N) is 2. The van der Waals surface area contributed by atoms with E-state index in [-0.39, 0.29) is 24.1 Å². The van der Waals surface area contributed by atoms with Gasteiger partial charge in [-0.25, -0.2) is 14.9 Å². The first-order valence-corrected chi connectivity index (χ1v) is 11.3. The van der Waals surface area contributed by atoms with Gasteiger partial charge in [0.05, 0.1) is 29.4 Å². The molecule has 3 aromatic rings. The fourth-order valence-electron chi connectivity index (χ4n) is 5.54. The van der Waals surface area contributed by atoms with Gasteiger partial charge in [-0.3, -0.25) is 4.84 Å². The van der Waals surface area contributed by atoms with Crippen molar-refractivity contribution in [1.82, 2.24) is 10.7 Å². The quantitative estimate of drug-likeness (QED) is 0.633. The van der Waals surface area contributed by atoms with Crippen LogP contribution in [0.15, 0.2) is 91.0 Å². The molecular weight excluding hydrogens is 400 g/mol. The molecule has 2 amide bonds. The second kappa shape index (κ2) is 7.65. The predicted molar refractivity (Wildman–Crippen MR) is 124 cm³/mol. The van der Waals surface area contributed by atoms with Crippen LogP contribution < -0.4 is 20.8 Å². The molecule has 4 atom stereocenters. The summed E-state index contributed by atoms with van der Waals surface area (Å²) < 4.78 is 0. The van der Waals surface area contributed by atoms with E-state index < -0.39 is 5.66 Å². The van der Waals surface area contributed by atoms with Crippen molar-refractivity contribution in [2.45, 2.75) is 37.1 Å². The van der Waals surface area contributed by atoms with E-state index in [2.05, 4.69) is 52.2 Å². The smallest absolute Gasteiger partial charge is 0.316 e. The Morgan fingerprint density at radius 1 is 0.844 bits per heavy atom. The van der Waals surface area contributed by atoms with E-state index in [1.54, 1.807) is 5.01 Å². The van der Waals surface area contributed by atoms with Crippen molar-refractivity contribution in [1.29, 1.82) is 0 Å². The average Bonchev–Trinajstić information content (AvgIpc) is 3.40. The molecule has 6 nitrogen and oxygen atoms in total. The van der Waals surface area contributed by atoms with E-state index in [4.69, 9.17) is 4.84 Å². The minimum Gasteiger partial charge on any atom is -0.316 e. The zero-order chi connectivity index (χ0) is 21.5. The number of rotatable bonds is 3. The van der Waals surface area contributed by atoms with Crippen LogP contribution in [-0.2, 0) is 4.84 Å². The van der Waals surface area contributed by atoms with Gasteiger partial charge in [-0.1, -0.05) is 66.7 Å². The lowest BCUT2D eigenvalue weighted by Gasteiger charge is -2.43. The summed E-state index contributed by atoms with van der Waals surface area (Å²) in [5.41, 5.74) is 6.03. The first-order chi connectivity index (χ1) is 15.8. The Kier molecular flexibility index (Phi) is 4.63. The lowest BCUT2D eigenvalue weighted by atomic mass is 9.72. The van der Waals surface area contributed by atoms with Crippen LogP contribution in [0.3, 0.4) is 0 Å². The highest BCUT2D eigenvalue weighted by atomic mass is 16.7. The maximum absolute atomic E-state index is 13.1. The lowest BCUT2D eigenvalue weighted by Crippen LogP contribution is -2.62. The Labute approximate surface area is 187 Å². The number of benzene rings is 3. The first-order valence-electron chi connectivity index (χ1n) is 11.3. The van der Waals surface area contributed by atoms with Crippen molar-refractivity contribution in [2.75, 3.05) is 10.1 Å². The van der Waals surface area contributed by atoms with Crippen LogP contribution in [-0.4, -0.2) is 17.8 Å². The van der Waals surface area contributed by atoms with Crippen molar-refractivity contribution >= 4 is 17.4 Å². The number of hydrogen-bond donors (Lipinski definition) is 2. The molecule has 3 fully saturated rings. The molecule has 6 rings (SSSR count). The van der Waals surface area contributed by atoms with Crippen molar-refractivity contribution in [3.05, 3.63) is 96.6 Å². The minimum atomic E-state index is -0.583. The summed E-state index contributed by atoms with van der Waals surface area (Å²) in [6.07, 6.45) is 2.78. The van der Waals surface area contributed by atoms with E-state index >= 15 is 0 Å². The van der Waals surface area contributed by atoms with Crippen LogP contribution in [0.1, 0.15) is 30.9 Å². The standard InChI is InChI=1S/C26H26N4O2/c31-25-27-26(28-29(25)20-13-6-2-7-14-20)18-10-17-22-23(26)24(19-11-4-1-5-12-19)30(32-22)21-15-8-3-9-16-21/h1-9,11-16,22-24,28H,10,17-18H2,(H,27,31)/t22-,23+,24-,26+/m1/s1. The van der Waals surface area contributed by atoms with Crippen LogP contribution in [0.2, 0.25) is 0 Å². The van der Waals surface area contributed by atoms with Crippen molar-refractivity contribution < 1.29 is 9.63 Å². The average molecular weight is 427 g/mol. The van der Waals surface area contributed by atoms with Crippen molar-refractivity contribution in [3.63, 3.8) is 0 Å². The van der Waals surface area contributed by atoms with Crippen LogP contribution in [0.4, 0.5) is 16.2 Å². The number of hydroxylamine groups is 1. The Balaban J connectivity index is 1.43. The predicted octanol–water partition coefficient (Wildman–Crippen LogP) is 4.78. The third-order valence-corrected chi connectivity index (χ3v) is 6.88. The SMILES string of the molecule is O=C1N[C@@]2(CCC[C@H]3ON(c4ccccc4)[C@H](c4ccccc4)[C@H]32)NN1c1ccccc1. The fourth-order valence-corrected chi connectivity index (χ4v) is 5.54. The number of nitrogens with one attached hydrogen (secondary N) is 2. The van der Waals surface area contributed by atoms with Crippen LogP contribution in [0.25, 0.3) is 0 Å². The first kappa shape index (κ1) is 19.3. The second-order valence-electron chi connectivity index (χ2n) is 8.76. The van der Waals surface area contributed by atoms with Gasteiger partial charge in [0.25, 0.3) is 0 Å². The molecule has 1 aliphatic carbocycles. The molecule has 0 aromatic heterocycles. The number of carbonyl (C=O) groups excluding carboxylic acids is 1. The van der Waals surface area contributed by atoms with Gasteiger partial charge in [-0.2, -0.15) is 5.43 Å². The summed E-state index contributed by atoms with van der Waals surface area (Å²) in [6, 6.07) is 30.3. The van der Waals surface area contributed by atoms with Gasteiger partial charge >= 0.3 is 6.03 Å². The summed E-state index contributed by atoms with van der Waals surface area (Å²) >= 11 is 0. The van der Waals surface area contributed by atoms with E-state index in [1.807, 2.05) is 54.6 Å². The normalized spacial score (nSPS) is 29.2. The number of hydrazine groups is 1. The maximum atomic E-state index is 13.1. The molecule has 2 N–H and O–H groups in total. The van der Waals surface area contributed by atoms with Crippen molar-refractivity contribution in [2.24, 2.45) is 5.92 Å². The van der Waals surface area contributed by atoms with Gasteiger partial charge in [0.1, 0.15) is 5.66 Å². The number of carbonyl (C=O) groups is 1. The van der Waals surface area contributed by atoms with E-state index in [0.29, 0.717) is 0 Å². The number of amides is 2. The van der Waals surface area contributed by atoms with Crippen LogP contribution >= 0.6 is 0 Å². The van der Waals surface area contributed by atoms with E-state index in [1.165, 1.54) is 5.56 Å². The maximum Gasteiger partial charge on any atom is 0.338 e. The van der Waals surface area contributed by atoms with Gasteiger partial charge in [-0.05, 0) is 49.1 Å². The Hall–Kier alpha value is -3.35. The Bertz CT molecular complexity index is 1090. The monoisotopic (exact) mass is 426 g/mol. The fraction of sp³-hybridized carbons (Fsp3) is 0.269. The third-order valence-electron chi connectivity index (χ3n) is 6.88. The van der Waals surface area contributed by atoms with E-state index in [0.717, 1.165) is 30.6 Å². The van der Waals surface area contributed by atoms with Crippen molar-refractivity contribution in [3.8, 4) is 0 Å². The number of anilines is 2. The minimum absolute atomic E-state index is 0.00214. The Morgan fingerprint density at radius 2 is 1.47 bits per heavy atom. The Morgan fingerprint density at radius 3 is 2.16 bits per heavy atom. The summed E-state index contributed by atoms with van der Waals surface area (Å²) in [5.74, 6) is 0.0384. The number of para-hydroxylation sites is 2. The van der Waals surface area contributed by atoms with E-state index in [9.17, 15) is 4.79 Å². The highest BCUT2D eigenvalue weighted by molar-refractivity contribution is 5.94. The molecule has 1 spiro atoms. The zero-order valence-corrected chi connectivity index (χ0v) is 17.7. The molecule has 32 heavy (non-hydrogen) atoms. The molecular formula is C26H26N4O2. The molecule has 0 bridgehead atoms. The van der Waals surface area contributed by atoms with Gasteiger partial charge in [0.2, 0.25) is 0 Å². The topological polar surface area (TPSA) is 56.8 Å². The highest BCUT2D eigenvalue weighted by Gasteiger charge is 2.61. The molecule has 6 heteroatoms. The number of hydrogen-bond acceptors (Lipinski definition) is 4. The van der Waals surface area contributed by atoms with Crippen LogP contribution in [0.5, 0.6) is 0 Å². The molecule has 162 valence electrons. The molecule has 0 unspecified atom stereocenters. The molecule has 2 saturated heterocycles. The molecule has 0 radical (unpaired) electrons. The summed E-state index contributed by atoms with van der Waals surface area (Å²) in [5, 5.41) is 7.03. The largest absolute Gasteiger partial charge is 0.338 e. The number of urea groups is 1. The molecule has 2 aliphatic heterocycles. The number of fused-ring (bicyclic) bond motifs is 2. The van der Waals surface area contributed by atoms with Crippen LogP contribution in [0, 0.1) is 5.92 Å². The molecule has 3 aliphatic rings. The van der Waals surface area contributed by atoms with Gasteiger partial charge in [0.15, 0.2) is 0 Å². The summed E-state index contributed by atoms with van der Waals surface area (Å²) in [4.78, 5) is 19.7. The third kappa shape index (κ3) is 3.06. The summed E-state index contributed by atoms with van der Waals surface area (Å²) in [6.45, 7) is 0. The molecule has 1 saturated carbocycles.